The van der Waals surface area contributed by atoms with Gasteiger partial charge in [-0.05, 0) is 61.8 Å². The van der Waals surface area contributed by atoms with Crippen molar-refractivity contribution in [3.8, 4) is 6.07 Å². The van der Waals surface area contributed by atoms with Crippen molar-refractivity contribution < 1.29 is 4.79 Å². The largest absolute Gasteiger partial charge is 0.397 e. The topological polar surface area (TPSA) is 119 Å². The molecule has 1 spiro atoms. The van der Waals surface area contributed by atoms with Gasteiger partial charge in [0.2, 0.25) is 5.28 Å². The van der Waals surface area contributed by atoms with Crippen LogP contribution in [0.25, 0.3) is 5.70 Å². The van der Waals surface area contributed by atoms with E-state index in [-0.39, 0.29) is 11.1 Å². The Bertz CT molecular complexity index is 1020. The number of carbonyl (C=O) groups is 1. The Balaban J connectivity index is 1.87. The number of aromatic nitrogens is 2. The summed E-state index contributed by atoms with van der Waals surface area (Å²) in [4.78, 5) is 22.8. The van der Waals surface area contributed by atoms with Gasteiger partial charge in [0, 0.05) is 16.6 Å². The monoisotopic (exact) mass is 399 g/mol. The lowest BCUT2D eigenvalue weighted by molar-refractivity contribution is -0.122. The van der Waals surface area contributed by atoms with Crippen LogP contribution in [0.4, 0.5) is 5.00 Å². The van der Waals surface area contributed by atoms with Crippen molar-refractivity contribution in [3.05, 3.63) is 44.8 Å². The lowest BCUT2D eigenvalue weighted by Gasteiger charge is -2.40. The van der Waals surface area contributed by atoms with E-state index >= 15 is 0 Å². The lowest BCUT2D eigenvalue weighted by Crippen LogP contribution is -2.43. The molecule has 2 heterocycles. The van der Waals surface area contributed by atoms with Crippen LogP contribution in [0.5, 0.6) is 0 Å². The van der Waals surface area contributed by atoms with Gasteiger partial charge in [-0.3, -0.25) is 4.79 Å². The van der Waals surface area contributed by atoms with Gasteiger partial charge in [0.15, 0.2) is 5.78 Å². The zero-order valence-electron chi connectivity index (χ0n) is 14.6. The van der Waals surface area contributed by atoms with Crippen molar-refractivity contribution >= 4 is 39.4 Å². The molecule has 8 heteroatoms. The molecule has 6 nitrogen and oxygen atoms in total. The number of ketones is 1. The number of anilines is 1. The summed E-state index contributed by atoms with van der Waals surface area (Å²) in [5.74, 6) is -0.00349. The highest BCUT2D eigenvalue weighted by molar-refractivity contribution is 7.16. The molecular weight excluding hydrogens is 382 g/mol. The van der Waals surface area contributed by atoms with Gasteiger partial charge in [-0.15, -0.1) is 11.3 Å². The number of fused-ring (bicyclic) bond motifs is 2. The molecular formula is C19H18ClN5OS. The van der Waals surface area contributed by atoms with Crippen LogP contribution in [-0.4, -0.2) is 15.8 Å². The Labute approximate surface area is 165 Å². The number of Topliss-reactive ketones (excluding diaryl/α,β-unsaturated/α-hetero) is 1. The van der Waals surface area contributed by atoms with Crippen LogP contribution in [0.1, 0.15) is 53.8 Å². The van der Waals surface area contributed by atoms with Gasteiger partial charge in [-0.1, -0.05) is 0 Å². The van der Waals surface area contributed by atoms with Gasteiger partial charge < -0.3 is 11.5 Å². The maximum atomic E-state index is 13.7. The van der Waals surface area contributed by atoms with E-state index in [1.807, 2.05) is 0 Å². The first-order valence-electron chi connectivity index (χ1n) is 8.82. The lowest BCUT2D eigenvalue weighted by atomic mass is 9.61. The first kappa shape index (κ1) is 18.0. The Morgan fingerprint density at radius 2 is 2.07 bits per heavy atom. The first-order valence-corrected chi connectivity index (χ1v) is 10.0. The summed E-state index contributed by atoms with van der Waals surface area (Å²) in [6.45, 7) is 0. The fraction of sp³-hybridized carbons (Fsp3) is 0.368. The number of allylic oxidation sites excluding steroid dienone is 1. The van der Waals surface area contributed by atoms with Crippen molar-refractivity contribution in [1.82, 2.24) is 9.97 Å². The SMILES string of the molecule is N#Cc1c(N)sc2c1[C@]1(CCC/C(=C(/N)c3ccnc(Cl)n3)C1=O)CCC2. The molecule has 4 N–H and O–H groups in total. The van der Waals surface area contributed by atoms with E-state index in [1.54, 1.807) is 6.07 Å². The van der Waals surface area contributed by atoms with Gasteiger partial charge in [-0.25, -0.2) is 9.97 Å². The number of nitriles is 1. The summed E-state index contributed by atoms with van der Waals surface area (Å²) in [7, 11) is 0. The first-order chi connectivity index (χ1) is 13.0. The van der Waals surface area contributed by atoms with Crippen LogP contribution >= 0.6 is 22.9 Å². The van der Waals surface area contributed by atoms with Gasteiger partial charge in [0.1, 0.15) is 11.1 Å². The average molecular weight is 400 g/mol. The maximum absolute atomic E-state index is 13.7. The molecule has 0 aromatic carbocycles. The van der Waals surface area contributed by atoms with Crippen LogP contribution in [0.3, 0.4) is 0 Å². The Morgan fingerprint density at radius 3 is 2.78 bits per heavy atom. The summed E-state index contributed by atoms with van der Waals surface area (Å²) >= 11 is 7.32. The average Bonchev–Trinajstić information content (AvgIpc) is 3.00. The normalized spacial score (nSPS) is 23.8. The number of nitrogens with zero attached hydrogens (tertiary/aromatic N) is 3. The molecule has 0 saturated heterocycles. The number of nitrogens with two attached hydrogens (primary N) is 2. The number of hydrogen-bond donors (Lipinski definition) is 2. The van der Waals surface area contributed by atoms with Crippen molar-refractivity contribution in [2.45, 2.75) is 43.9 Å². The summed E-state index contributed by atoms with van der Waals surface area (Å²) in [6.07, 6.45) is 6.11. The Kier molecular flexibility index (Phi) is 4.41. The van der Waals surface area contributed by atoms with E-state index < -0.39 is 5.41 Å². The summed E-state index contributed by atoms with van der Waals surface area (Å²) < 4.78 is 0. The van der Waals surface area contributed by atoms with Crippen molar-refractivity contribution in [3.63, 3.8) is 0 Å². The number of hydrogen-bond acceptors (Lipinski definition) is 7. The van der Waals surface area contributed by atoms with Gasteiger partial charge in [0.05, 0.1) is 22.4 Å². The zero-order chi connectivity index (χ0) is 19.2. The van der Waals surface area contributed by atoms with Gasteiger partial charge in [0.25, 0.3) is 0 Å². The Morgan fingerprint density at radius 1 is 1.33 bits per heavy atom. The predicted octanol–water partition coefficient (Wildman–Crippen LogP) is 3.34. The summed E-state index contributed by atoms with van der Waals surface area (Å²) in [6, 6.07) is 3.88. The van der Waals surface area contributed by atoms with Crippen LogP contribution in [0, 0.1) is 11.3 Å². The van der Waals surface area contributed by atoms with Crippen LogP contribution in [0.15, 0.2) is 17.8 Å². The van der Waals surface area contributed by atoms with E-state index in [1.165, 1.54) is 17.5 Å². The highest BCUT2D eigenvalue weighted by Gasteiger charge is 2.49. The molecule has 0 amide bonds. The highest BCUT2D eigenvalue weighted by Crippen LogP contribution is 2.52. The number of rotatable bonds is 1. The molecule has 4 rings (SSSR count). The van der Waals surface area contributed by atoms with E-state index in [4.69, 9.17) is 23.1 Å². The minimum Gasteiger partial charge on any atom is -0.397 e. The minimum atomic E-state index is -0.707. The number of carbonyl (C=O) groups excluding carboxylic acids is 1. The smallest absolute Gasteiger partial charge is 0.222 e. The van der Waals surface area contributed by atoms with E-state index in [9.17, 15) is 10.1 Å². The quantitative estimate of drug-likeness (QED) is 0.560. The number of nitrogen functional groups attached to an aromatic ring is 1. The third-order valence-corrected chi connectivity index (χ3v) is 6.83. The van der Waals surface area contributed by atoms with Crippen molar-refractivity contribution in [2.24, 2.45) is 5.73 Å². The molecule has 2 aliphatic carbocycles. The molecule has 138 valence electrons. The summed E-state index contributed by atoms with van der Waals surface area (Å²) in [5.41, 5.74) is 14.4. The third-order valence-electron chi connectivity index (χ3n) is 5.57. The Hall–Kier alpha value is -2.43. The van der Waals surface area contributed by atoms with E-state index in [0.717, 1.165) is 29.7 Å². The molecule has 0 radical (unpaired) electrons. The molecule has 0 unspecified atom stereocenters. The maximum Gasteiger partial charge on any atom is 0.222 e. The van der Waals surface area contributed by atoms with Crippen molar-refractivity contribution in [1.29, 1.82) is 5.26 Å². The third kappa shape index (κ3) is 2.71. The van der Waals surface area contributed by atoms with Gasteiger partial charge in [-0.2, -0.15) is 5.26 Å². The second-order valence-corrected chi connectivity index (χ2v) is 8.45. The van der Waals surface area contributed by atoms with E-state index in [0.29, 0.717) is 46.8 Å². The highest BCUT2D eigenvalue weighted by atomic mass is 35.5. The number of thiophene rings is 1. The number of halogens is 1. The van der Waals surface area contributed by atoms with Crippen LogP contribution in [-0.2, 0) is 16.6 Å². The van der Waals surface area contributed by atoms with Gasteiger partial charge >= 0.3 is 0 Å². The molecule has 1 fully saturated rings. The molecule has 0 bridgehead atoms. The molecule has 2 aromatic heterocycles. The molecule has 2 aromatic rings. The van der Waals surface area contributed by atoms with E-state index in [2.05, 4.69) is 16.0 Å². The second-order valence-electron chi connectivity index (χ2n) is 6.97. The minimum absolute atomic E-state index is 0.00349. The fourth-order valence-electron chi connectivity index (χ4n) is 4.42. The second kappa shape index (κ2) is 6.63. The molecule has 27 heavy (non-hydrogen) atoms. The fourth-order valence-corrected chi connectivity index (χ4v) is 5.73. The van der Waals surface area contributed by atoms with Crippen molar-refractivity contribution in [2.75, 3.05) is 5.73 Å². The molecule has 1 atom stereocenters. The molecule has 2 aliphatic rings. The standard InChI is InChI=1S/C19H18ClN5OS/c20-18-24-8-5-12(25-18)15(22)10-3-1-6-19(16(10)26)7-2-4-13-14(19)11(9-21)17(23)27-13/h5,8H,1-4,6-7,22-23H2/b15-10-/t19-/m0/s1. The van der Waals surface area contributed by atoms with Crippen LogP contribution in [0.2, 0.25) is 5.28 Å². The zero-order valence-corrected chi connectivity index (χ0v) is 16.2. The van der Waals surface area contributed by atoms with Crippen LogP contribution < -0.4 is 11.5 Å². The molecule has 0 aliphatic heterocycles. The molecule has 1 saturated carbocycles. The summed E-state index contributed by atoms with van der Waals surface area (Å²) in [5, 5.41) is 10.2. The number of aryl methyl sites for hydroxylation is 1. The predicted molar refractivity (Wildman–Crippen MR) is 105 cm³/mol.